The first-order chi connectivity index (χ1) is 11.7. The van der Waals surface area contributed by atoms with Crippen LogP contribution < -0.4 is 0 Å². The molecular formula is C20H25F3O2. The summed E-state index contributed by atoms with van der Waals surface area (Å²) in [5.41, 5.74) is -0.972. The van der Waals surface area contributed by atoms with Crippen molar-refractivity contribution in [2.75, 3.05) is 0 Å². The summed E-state index contributed by atoms with van der Waals surface area (Å²) < 4.78 is 41.9. The van der Waals surface area contributed by atoms with Crippen LogP contribution in [0.5, 0.6) is 0 Å². The molecule has 138 valence electrons. The Morgan fingerprint density at radius 3 is 2.52 bits per heavy atom. The predicted octanol–water partition coefficient (Wildman–Crippen LogP) is 4.88. The summed E-state index contributed by atoms with van der Waals surface area (Å²) in [7, 11) is 0. The van der Waals surface area contributed by atoms with Gasteiger partial charge in [-0.15, -0.1) is 0 Å². The maximum atomic E-state index is 14.2. The van der Waals surface area contributed by atoms with Gasteiger partial charge in [0.05, 0.1) is 0 Å². The quantitative estimate of drug-likeness (QED) is 0.581. The Labute approximate surface area is 146 Å². The van der Waals surface area contributed by atoms with Gasteiger partial charge in [0.2, 0.25) is 5.78 Å². The van der Waals surface area contributed by atoms with E-state index in [4.69, 9.17) is 0 Å². The van der Waals surface area contributed by atoms with Gasteiger partial charge in [-0.25, -0.2) is 4.39 Å². The molecule has 0 saturated heterocycles. The van der Waals surface area contributed by atoms with E-state index in [0.29, 0.717) is 25.7 Å². The van der Waals surface area contributed by atoms with Gasteiger partial charge in [0.15, 0.2) is 5.78 Å². The first-order valence-electron chi connectivity index (χ1n) is 9.44. The number of carbonyl (C=O) groups excluding carboxylic acids is 2. The van der Waals surface area contributed by atoms with Crippen LogP contribution in [0.25, 0.3) is 0 Å². The summed E-state index contributed by atoms with van der Waals surface area (Å²) in [6, 6.07) is 0. The average molecular weight is 354 g/mol. The zero-order valence-corrected chi connectivity index (χ0v) is 14.8. The standard InChI is InChI=1S/C20H25F3O2/c1-19-6-5-13-16(14(19)8-11(21)9-19)12(18(22)23)7-10-3-4-15(24)17(25)20(10,13)2/h10-11,13-14,16H,3-9H2,1-2H3. The molecule has 0 radical (unpaired) electrons. The van der Waals surface area contributed by atoms with Crippen LogP contribution in [-0.4, -0.2) is 17.7 Å². The van der Waals surface area contributed by atoms with Crippen molar-refractivity contribution in [1.82, 2.24) is 0 Å². The number of alkyl halides is 1. The van der Waals surface area contributed by atoms with Crippen molar-refractivity contribution in [1.29, 1.82) is 0 Å². The molecule has 4 saturated carbocycles. The smallest absolute Gasteiger partial charge is 0.269 e. The van der Waals surface area contributed by atoms with E-state index in [1.807, 2.05) is 13.8 Å². The molecule has 7 atom stereocenters. The SMILES string of the molecule is CC12CCC3C(C(=C(F)F)CC4CCC(=O)C(=O)C43C)C1CC(F)C2. The highest BCUT2D eigenvalue weighted by atomic mass is 19.3. The minimum Gasteiger partial charge on any atom is -0.291 e. The van der Waals surface area contributed by atoms with Gasteiger partial charge in [-0.05, 0) is 73.2 Å². The average Bonchev–Trinajstić information content (AvgIpc) is 2.85. The molecule has 0 heterocycles. The third kappa shape index (κ3) is 2.23. The van der Waals surface area contributed by atoms with Crippen LogP contribution in [-0.2, 0) is 9.59 Å². The molecule has 0 aliphatic heterocycles. The second kappa shape index (κ2) is 5.43. The number of Topliss-reactive ketones (excluding diaryl/α,β-unsaturated/α-hetero) is 2. The van der Waals surface area contributed by atoms with E-state index in [-0.39, 0.29) is 53.1 Å². The van der Waals surface area contributed by atoms with Crippen molar-refractivity contribution >= 4 is 11.6 Å². The van der Waals surface area contributed by atoms with Crippen LogP contribution >= 0.6 is 0 Å². The highest BCUT2D eigenvalue weighted by molar-refractivity contribution is 6.39. The molecule has 4 fully saturated rings. The van der Waals surface area contributed by atoms with Gasteiger partial charge in [0, 0.05) is 11.8 Å². The van der Waals surface area contributed by atoms with Crippen molar-refractivity contribution < 1.29 is 22.8 Å². The third-order valence-electron chi connectivity index (χ3n) is 8.18. The lowest BCUT2D eigenvalue weighted by Gasteiger charge is -2.58. The van der Waals surface area contributed by atoms with Crippen molar-refractivity contribution in [3.8, 4) is 0 Å². The Bertz CT molecular complexity index is 668. The molecule has 0 amide bonds. The molecule has 0 spiro atoms. The van der Waals surface area contributed by atoms with Crippen molar-refractivity contribution in [2.24, 2.45) is 34.5 Å². The molecular weight excluding hydrogens is 329 g/mol. The van der Waals surface area contributed by atoms with E-state index in [2.05, 4.69) is 0 Å². The van der Waals surface area contributed by atoms with E-state index in [0.717, 1.165) is 6.42 Å². The lowest BCUT2D eigenvalue weighted by atomic mass is 9.44. The summed E-state index contributed by atoms with van der Waals surface area (Å²) in [5.74, 6) is -1.78. The molecule has 4 aliphatic carbocycles. The van der Waals surface area contributed by atoms with Gasteiger partial charge in [-0.3, -0.25) is 9.59 Å². The second-order valence-corrected chi connectivity index (χ2v) is 9.23. The summed E-state index contributed by atoms with van der Waals surface area (Å²) in [4.78, 5) is 24.9. The van der Waals surface area contributed by atoms with Crippen molar-refractivity contribution in [2.45, 2.75) is 65.0 Å². The monoisotopic (exact) mass is 354 g/mol. The van der Waals surface area contributed by atoms with Crippen LogP contribution in [0.2, 0.25) is 0 Å². The van der Waals surface area contributed by atoms with Crippen LogP contribution in [0.15, 0.2) is 11.7 Å². The molecule has 0 aromatic heterocycles. The number of hydrogen-bond acceptors (Lipinski definition) is 2. The molecule has 7 unspecified atom stereocenters. The molecule has 0 aromatic carbocycles. The maximum Gasteiger partial charge on any atom is 0.269 e. The van der Waals surface area contributed by atoms with Crippen LogP contribution in [0, 0.1) is 34.5 Å². The number of hydrogen-bond donors (Lipinski definition) is 0. The molecule has 0 aromatic rings. The first kappa shape index (κ1) is 17.3. The minimum absolute atomic E-state index is 0.152. The topological polar surface area (TPSA) is 34.1 Å². The Balaban J connectivity index is 1.83. The zero-order valence-electron chi connectivity index (χ0n) is 14.8. The molecule has 5 heteroatoms. The molecule has 0 bridgehead atoms. The van der Waals surface area contributed by atoms with E-state index >= 15 is 0 Å². The fourth-order valence-electron chi connectivity index (χ4n) is 6.87. The molecule has 2 nitrogen and oxygen atoms in total. The van der Waals surface area contributed by atoms with Gasteiger partial charge in [-0.2, -0.15) is 8.78 Å². The number of carbonyl (C=O) groups is 2. The van der Waals surface area contributed by atoms with E-state index in [9.17, 15) is 22.8 Å². The summed E-state index contributed by atoms with van der Waals surface area (Å²) >= 11 is 0. The zero-order chi connectivity index (χ0) is 18.1. The number of rotatable bonds is 0. The summed E-state index contributed by atoms with van der Waals surface area (Å²) in [6.07, 6.45) is 0.381. The number of ketones is 2. The molecule has 0 N–H and O–H groups in total. The minimum atomic E-state index is -1.65. The normalized spacial score (nSPS) is 49.5. The van der Waals surface area contributed by atoms with Gasteiger partial charge in [0.25, 0.3) is 6.08 Å². The van der Waals surface area contributed by atoms with Gasteiger partial charge in [0.1, 0.15) is 6.17 Å². The van der Waals surface area contributed by atoms with E-state index < -0.39 is 23.6 Å². The predicted molar refractivity (Wildman–Crippen MR) is 86.6 cm³/mol. The number of allylic oxidation sites excluding steroid dienone is 1. The molecule has 4 aliphatic rings. The Kier molecular flexibility index (Phi) is 3.76. The van der Waals surface area contributed by atoms with Gasteiger partial charge in [-0.1, -0.05) is 13.8 Å². The Hall–Kier alpha value is -1.13. The van der Waals surface area contributed by atoms with Crippen LogP contribution in [0.1, 0.15) is 58.8 Å². The Morgan fingerprint density at radius 2 is 1.84 bits per heavy atom. The lowest BCUT2D eigenvalue weighted by molar-refractivity contribution is -0.158. The number of fused-ring (bicyclic) bond motifs is 5. The van der Waals surface area contributed by atoms with Gasteiger partial charge >= 0.3 is 0 Å². The lowest BCUT2D eigenvalue weighted by Crippen LogP contribution is -2.58. The molecule has 25 heavy (non-hydrogen) atoms. The van der Waals surface area contributed by atoms with Crippen LogP contribution in [0.3, 0.4) is 0 Å². The van der Waals surface area contributed by atoms with Crippen molar-refractivity contribution in [3.63, 3.8) is 0 Å². The van der Waals surface area contributed by atoms with Gasteiger partial charge < -0.3 is 0 Å². The summed E-state index contributed by atoms with van der Waals surface area (Å²) in [5, 5.41) is 0. The first-order valence-corrected chi connectivity index (χ1v) is 9.44. The maximum absolute atomic E-state index is 14.2. The largest absolute Gasteiger partial charge is 0.291 e. The van der Waals surface area contributed by atoms with E-state index in [1.165, 1.54) is 0 Å². The molecule has 4 rings (SSSR count). The summed E-state index contributed by atoms with van der Waals surface area (Å²) in [6.45, 7) is 3.84. The Morgan fingerprint density at radius 1 is 1.12 bits per heavy atom. The fourth-order valence-corrected chi connectivity index (χ4v) is 6.87. The van der Waals surface area contributed by atoms with Crippen molar-refractivity contribution in [3.05, 3.63) is 11.7 Å². The van der Waals surface area contributed by atoms with E-state index in [1.54, 1.807) is 0 Å². The third-order valence-corrected chi connectivity index (χ3v) is 8.18. The highest BCUT2D eigenvalue weighted by Gasteiger charge is 2.64. The second-order valence-electron chi connectivity index (χ2n) is 9.23. The fraction of sp³-hybridized carbons (Fsp3) is 0.800. The number of halogens is 3. The highest BCUT2D eigenvalue weighted by Crippen LogP contribution is 2.67. The van der Waals surface area contributed by atoms with Crippen LogP contribution in [0.4, 0.5) is 13.2 Å².